The van der Waals surface area contributed by atoms with E-state index in [2.05, 4.69) is 102 Å². The van der Waals surface area contributed by atoms with Crippen molar-refractivity contribution < 1.29 is 0 Å². The predicted octanol–water partition coefficient (Wildman–Crippen LogP) is 5.46. The molecule has 1 aliphatic carbocycles. The van der Waals surface area contributed by atoms with Crippen molar-refractivity contribution in [2.45, 2.75) is 25.7 Å². The Bertz CT molecular complexity index is 452. The first-order valence-corrected chi connectivity index (χ1v) is 7.96. The lowest BCUT2D eigenvalue weighted by atomic mass is 9.71. The molecule has 2 rings (SSSR count). The van der Waals surface area contributed by atoms with Crippen molar-refractivity contribution in [2.24, 2.45) is 5.92 Å². The van der Waals surface area contributed by atoms with E-state index < -0.39 is 0 Å². The average molecular weight is 450 g/mol. The fourth-order valence-corrected chi connectivity index (χ4v) is 3.04. The van der Waals surface area contributed by atoms with Crippen LogP contribution in [0.25, 0.3) is 0 Å². The van der Waals surface area contributed by atoms with E-state index in [-0.39, 0.29) is 5.41 Å². The summed E-state index contributed by atoms with van der Waals surface area (Å²) in [5.41, 5.74) is 1.63. The van der Waals surface area contributed by atoms with Crippen molar-refractivity contribution in [1.82, 2.24) is 0 Å². The van der Waals surface area contributed by atoms with Gasteiger partial charge >= 0.3 is 0 Å². The lowest BCUT2D eigenvalue weighted by molar-refractivity contribution is 0.382. The van der Waals surface area contributed by atoms with Gasteiger partial charge in [-0.15, -0.1) is 0 Å². The van der Waals surface area contributed by atoms with Crippen LogP contribution in [0.3, 0.4) is 0 Å². The van der Waals surface area contributed by atoms with Crippen LogP contribution >= 0.6 is 45.2 Å². The van der Waals surface area contributed by atoms with Crippen molar-refractivity contribution in [3.63, 3.8) is 0 Å². The second-order valence-corrected chi connectivity index (χ2v) is 7.51. The van der Waals surface area contributed by atoms with E-state index in [4.69, 9.17) is 0 Å². The highest BCUT2D eigenvalue weighted by Crippen LogP contribution is 2.38. The van der Waals surface area contributed by atoms with Crippen LogP contribution in [0.4, 0.5) is 0 Å². The monoisotopic (exact) mass is 450 g/mol. The molecule has 0 spiro atoms. The number of halogens is 2. The molecule has 0 saturated carbocycles. The van der Waals surface area contributed by atoms with Gasteiger partial charge in [0.05, 0.1) is 0 Å². The van der Waals surface area contributed by atoms with Crippen molar-refractivity contribution in [3.05, 3.63) is 55.2 Å². The molecular weight excluding hydrogens is 434 g/mol. The Balaban J connectivity index is 2.25. The maximum Gasteiger partial charge on any atom is 0.0130 e. The molecule has 17 heavy (non-hydrogen) atoms. The van der Waals surface area contributed by atoms with Crippen molar-refractivity contribution >= 4 is 45.2 Å². The van der Waals surface area contributed by atoms with Crippen LogP contribution in [-0.4, -0.2) is 0 Å². The smallest absolute Gasteiger partial charge is 0.0130 e. The average Bonchev–Trinajstić information content (AvgIpc) is 2.30. The summed E-state index contributed by atoms with van der Waals surface area (Å²) in [7, 11) is 0. The minimum Gasteiger partial charge on any atom is -0.0792 e. The van der Waals surface area contributed by atoms with E-state index >= 15 is 0 Å². The largest absolute Gasteiger partial charge is 0.0792 e. The first kappa shape index (κ1) is 13.6. The molecule has 0 heterocycles. The van der Waals surface area contributed by atoms with Gasteiger partial charge in [0.1, 0.15) is 0 Å². The molecule has 0 bridgehead atoms. The summed E-state index contributed by atoms with van der Waals surface area (Å²) in [6.07, 6.45) is 8.08. The van der Waals surface area contributed by atoms with Crippen LogP contribution in [0.2, 0.25) is 0 Å². The molecule has 0 amide bonds. The van der Waals surface area contributed by atoms with E-state index in [1.54, 1.807) is 0 Å². The lowest BCUT2D eigenvalue weighted by Crippen LogP contribution is -2.27. The Morgan fingerprint density at radius 1 is 1.12 bits per heavy atom. The zero-order chi connectivity index (χ0) is 12.5. The number of hydrogen-bond donors (Lipinski definition) is 0. The molecule has 0 fully saturated rings. The third-order valence-electron chi connectivity index (χ3n) is 3.57. The Morgan fingerprint density at radius 3 is 2.29 bits per heavy atom. The summed E-state index contributed by atoms with van der Waals surface area (Å²) in [6, 6.07) is 8.92. The highest BCUT2D eigenvalue weighted by Gasteiger charge is 2.29. The Labute approximate surface area is 131 Å². The topological polar surface area (TPSA) is 0 Å². The molecule has 1 aromatic carbocycles. The zero-order valence-corrected chi connectivity index (χ0v) is 14.4. The molecule has 0 radical (unpaired) electrons. The van der Waals surface area contributed by atoms with Gasteiger partial charge in [-0.2, -0.15) is 0 Å². The highest BCUT2D eigenvalue weighted by atomic mass is 127. The first-order valence-electron chi connectivity index (χ1n) is 5.80. The minimum atomic E-state index is 0.203. The summed E-state index contributed by atoms with van der Waals surface area (Å²) in [4.78, 5) is 0. The predicted molar refractivity (Wildman–Crippen MR) is 91.5 cm³/mol. The van der Waals surface area contributed by atoms with Gasteiger partial charge in [0.2, 0.25) is 0 Å². The Hall–Kier alpha value is 0.160. The summed E-state index contributed by atoms with van der Waals surface area (Å²) in [5.74, 6) is 0.598. The van der Waals surface area contributed by atoms with Crippen LogP contribution in [-0.2, 0) is 5.41 Å². The van der Waals surface area contributed by atoms with Crippen LogP contribution < -0.4 is 0 Å². The first-order chi connectivity index (χ1) is 8.00. The third kappa shape index (κ3) is 3.13. The van der Waals surface area contributed by atoms with Crippen LogP contribution in [0, 0.1) is 9.49 Å². The van der Waals surface area contributed by atoms with Gasteiger partial charge in [-0.3, -0.25) is 0 Å². The second-order valence-electron chi connectivity index (χ2n) is 5.02. The van der Waals surface area contributed by atoms with E-state index in [1.807, 2.05) is 0 Å². The van der Waals surface area contributed by atoms with Crippen LogP contribution in [0.15, 0.2) is 46.1 Å². The van der Waals surface area contributed by atoms with Gasteiger partial charge in [-0.25, -0.2) is 0 Å². The van der Waals surface area contributed by atoms with Crippen LogP contribution in [0.5, 0.6) is 0 Å². The molecule has 0 saturated heterocycles. The van der Waals surface area contributed by atoms with Crippen molar-refractivity contribution in [2.75, 3.05) is 0 Å². The van der Waals surface area contributed by atoms with Gasteiger partial charge in [-0.05, 0) is 80.6 Å². The molecular formula is C15H16I2. The Kier molecular flexibility index (Phi) is 4.34. The molecule has 1 aliphatic rings. The van der Waals surface area contributed by atoms with E-state index in [9.17, 15) is 0 Å². The fraction of sp³-hybridized carbons (Fsp3) is 0.333. The second kappa shape index (κ2) is 5.43. The lowest BCUT2D eigenvalue weighted by Gasteiger charge is -2.34. The standard InChI is InChI=1S/C15H16I2/c1-15(2,11-3-7-13(16)8-4-11)12-5-9-14(17)10-6-12/h3-5,7-10,12H,6H2,1-2H3. The molecule has 0 N–H and O–H groups in total. The normalized spacial score (nSPS) is 20.2. The van der Waals surface area contributed by atoms with E-state index in [0.717, 1.165) is 6.42 Å². The minimum absolute atomic E-state index is 0.203. The van der Waals surface area contributed by atoms with Gasteiger partial charge in [0, 0.05) is 7.15 Å². The molecule has 90 valence electrons. The summed E-state index contributed by atoms with van der Waals surface area (Å²) in [6.45, 7) is 4.69. The van der Waals surface area contributed by atoms with Crippen LogP contribution in [0.1, 0.15) is 25.8 Å². The molecule has 1 atom stereocenters. The molecule has 1 aromatic rings. The zero-order valence-electron chi connectivity index (χ0n) is 10.1. The maximum atomic E-state index is 2.39. The fourth-order valence-electron chi connectivity index (χ4n) is 2.22. The third-order valence-corrected chi connectivity index (χ3v) is 5.09. The van der Waals surface area contributed by atoms with Gasteiger partial charge < -0.3 is 0 Å². The van der Waals surface area contributed by atoms with Crippen molar-refractivity contribution in [1.29, 1.82) is 0 Å². The number of rotatable bonds is 2. The quantitative estimate of drug-likeness (QED) is 0.525. The Morgan fingerprint density at radius 2 is 1.76 bits per heavy atom. The summed E-state index contributed by atoms with van der Waals surface area (Å²) in [5, 5.41) is 0. The van der Waals surface area contributed by atoms with Gasteiger partial charge in [0.15, 0.2) is 0 Å². The van der Waals surface area contributed by atoms with Gasteiger partial charge in [-0.1, -0.05) is 44.2 Å². The van der Waals surface area contributed by atoms with Gasteiger partial charge in [0.25, 0.3) is 0 Å². The number of benzene rings is 1. The molecule has 1 unspecified atom stereocenters. The number of hydrogen-bond acceptors (Lipinski definition) is 0. The SMILES string of the molecule is CC(C)(c1ccc(I)cc1)C1C=CC(I)=CC1. The van der Waals surface area contributed by atoms with E-state index in [1.165, 1.54) is 12.7 Å². The molecule has 0 nitrogen and oxygen atoms in total. The molecule has 2 heteroatoms. The molecule has 0 aliphatic heterocycles. The van der Waals surface area contributed by atoms with Crippen molar-refractivity contribution in [3.8, 4) is 0 Å². The van der Waals surface area contributed by atoms with E-state index in [0.29, 0.717) is 5.92 Å². The molecule has 0 aromatic heterocycles. The maximum absolute atomic E-state index is 2.39. The summed E-state index contributed by atoms with van der Waals surface area (Å²) >= 11 is 4.74. The highest BCUT2D eigenvalue weighted by molar-refractivity contribution is 14.1. The summed E-state index contributed by atoms with van der Waals surface area (Å²) < 4.78 is 2.66. The number of allylic oxidation sites excluding steroid dienone is 4.